The Morgan fingerprint density at radius 3 is 1.07 bits per heavy atom. The van der Waals surface area contributed by atoms with Crippen molar-refractivity contribution in [2.75, 3.05) is 24.6 Å². The fourth-order valence-electron chi connectivity index (χ4n) is 6.56. The number of hydrogen-bond acceptors (Lipinski definition) is 2. The molecule has 0 unspecified atom stereocenters. The average molecular weight is 632 g/mol. The van der Waals surface area contributed by atoms with Crippen LogP contribution in [0.25, 0.3) is 0 Å². The van der Waals surface area contributed by atoms with E-state index in [9.17, 15) is 4.79 Å². The van der Waals surface area contributed by atoms with Crippen LogP contribution in [-0.2, 0) is 0 Å². The number of aromatic carboxylic acids is 1. The van der Waals surface area contributed by atoms with Crippen LogP contribution < -0.4 is 0 Å². The predicted octanol–water partition coefficient (Wildman–Crippen LogP) is 13.4. The molecule has 1 aromatic rings. The maximum atomic E-state index is 10.3. The van der Waals surface area contributed by atoms with Crippen molar-refractivity contribution in [3.05, 3.63) is 35.4 Å². The molecule has 0 aromatic heterocycles. The molecule has 0 atom stereocenters. The molecule has 3 nitrogen and oxygen atoms in total. The second-order valence-corrected chi connectivity index (χ2v) is 18.6. The minimum Gasteiger partial charge on any atom is -0.478 e. The Kier molecular flexibility index (Phi) is 30.6. The molecule has 256 valence electrons. The van der Waals surface area contributed by atoms with Gasteiger partial charge in [-0.05, 0) is 24.3 Å². The van der Waals surface area contributed by atoms with Crippen LogP contribution in [0.1, 0.15) is 198 Å². The van der Waals surface area contributed by atoms with Gasteiger partial charge >= 0.3 is 206 Å². The molecule has 0 radical (unpaired) electrons. The second kappa shape index (κ2) is 31.6. The monoisotopic (exact) mass is 632 g/mol. The number of carboxylic acid groups (broad SMARTS) is 1. The summed E-state index contributed by atoms with van der Waals surface area (Å²) in [5, 5.41) is 16.8. The third-order valence-corrected chi connectivity index (χ3v) is 15.2. The van der Waals surface area contributed by atoms with Gasteiger partial charge in [0.15, 0.2) is 0 Å². The van der Waals surface area contributed by atoms with E-state index < -0.39 is 13.2 Å². The van der Waals surface area contributed by atoms with Gasteiger partial charge in [0, 0.05) is 0 Å². The van der Waals surface area contributed by atoms with Gasteiger partial charge in [-0.2, -0.15) is 5.26 Å². The van der Waals surface area contributed by atoms with Gasteiger partial charge < -0.3 is 5.11 Å². The van der Waals surface area contributed by atoms with E-state index >= 15 is 0 Å². The number of benzene rings is 1. The third-order valence-electron chi connectivity index (χ3n) is 9.50. The molecular weight excluding hydrogens is 557 g/mol. The van der Waals surface area contributed by atoms with Gasteiger partial charge in [0.25, 0.3) is 0 Å². The zero-order valence-electron chi connectivity index (χ0n) is 29.9. The Hall–Kier alpha value is -1.39. The van der Waals surface area contributed by atoms with Crippen molar-refractivity contribution in [3.8, 4) is 6.07 Å². The van der Waals surface area contributed by atoms with Crippen LogP contribution in [0.15, 0.2) is 24.3 Å². The first kappa shape index (κ1) is 42.6. The third kappa shape index (κ3) is 24.9. The minimum absolute atomic E-state index is 0.198. The molecule has 1 N–H and O–H groups in total. The van der Waals surface area contributed by atoms with Crippen LogP contribution in [-0.4, -0.2) is 35.7 Å². The van der Waals surface area contributed by atoms with Crippen molar-refractivity contribution < 1.29 is 9.90 Å². The van der Waals surface area contributed by atoms with Gasteiger partial charge in [0.2, 0.25) is 0 Å². The molecule has 0 aliphatic rings. The molecule has 0 aliphatic carbocycles. The second-order valence-electron chi connectivity index (χ2n) is 13.6. The molecular formula is C40H74NO2P. The van der Waals surface area contributed by atoms with Gasteiger partial charge in [-0.15, -0.1) is 0 Å². The summed E-state index contributed by atoms with van der Waals surface area (Å²) >= 11 is 0. The molecule has 0 amide bonds. The Morgan fingerprint density at radius 1 is 0.523 bits per heavy atom. The van der Waals surface area contributed by atoms with Crippen molar-refractivity contribution in [2.45, 2.75) is 182 Å². The van der Waals surface area contributed by atoms with Crippen LogP contribution in [0.5, 0.6) is 0 Å². The maximum absolute atomic E-state index is 10.3. The van der Waals surface area contributed by atoms with E-state index in [0.29, 0.717) is 5.56 Å². The van der Waals surface area contributed by atoms with Crippen LogP contribution in [0.3, 0.4) is 0 Å². The topological polar surface area (TPSA) is 61.1 Å². The van der Waals surface area contributed by atoms with Crippen LogP contribution in [0.4, 0.5) is 0 Å². The molecule has 0 saturated carbocycles. The van der Waals surface area contributed by atoms with E-state index in [2.05, 4.69) is 27.7 Å². The first-order chi connectivity index (χ1) is 21.5. The summed E-state index contributed by atoms with van der Waals surface area (Å²) in [5.41, 5.74) is 0.666. The first-order valence-electron chi connectivity index (χ1n) is 19.2. The van der Waals surface area contributed by atoms with Crippen molar-refractivity contribution >= 4 is 13.2 Å². The number of carbonyl (C=O) groups is 1. The predicted molar refractivity (Wildman–Crippen MR) is 199 cm³/mol. The Morgan fingerprint density at radius 2 is 0.795 bits per heavy atom. The van der Waals surface area contributed by atoms with E-state index in [1.165, 1.54) is 153 Å². The van der Waals surface area contributed by atoms with Gasteiger partial charge in [0.1, 0.15) is 0 Å². The standard InChI is InChI=1S/C32H69P.C8H5NO2/c1-5-9-13-17-18-19-20-21-22-23-24-28-32-33(29-25-14-10-6-2,30-26-15-11-7-3)31-27-16-12-8-4;9-5-6-1-3-7(4-2-6)8(10)11/h33H,5-32H2,1-4H3;1-4H,(H,10,11). The van der Waals surface area contributed by atoms with Gasteiger partial charge in [-0.3, -0.25) is 0 Å². The van der Waals surface area contributed by atoms with Gasteiger partial charge in [0.05, 0.1) is 17.2 Å². The summed E-state index contributed by atoms with van der Waals surface area (Å²) in [6.07, 6.45) is 42.3. The van der Waals surface area contributed by atoms with Crippen LogP contribution in [0, 0.1) is 11.3 Å². The van der Waals surface area contributed by atoms with Crippen molar-refractivity contribution in [2.24, 2.45) is 0 Å². The molecule has 0 bridgehead atoms. The summed E-state index contributed by atoms with van der Waals surface area (Å²) in [7, 11) is -1.04. The first-order valence-corrected chi connectivity index (χ1v) is 22.0. The van der Waals surface area contributed by atoms with E-state index in [0.717, 1.165) is 0 Å². The summed E-state index contributed by atoms with van der Waals surface area (Å²) in [4.78, 5) is 10.3. The SMILES string of the molecule is CCCCCCCCCCCCCC[PH](CCCCCC)(CCCCCC)CCCCCC.N#Cc1ccc(C(=O)O)cc1. The van der Waals surface area contributed by atoms with Crippen molar-refractivity contribution in [3.63, 3.8) is 0 Å². The molecule has 1 aromatic carbocycles. The number of unbranched alkanes of at least 4 members (excludes halogenated alkanes) is 20. The Bertz CT molecular complexity index is 769. The molecule has 0 fully saturated rings. The molecule has 44 heavy (non-hydrogen) atoms. The number of nitriles is 1. The molecule has 4 heteroatoms. The summed E-state index contributed by atoms with van der Waals surface area (Å²) in [6, 6.07) is 7.66. The summed E-state index contributed by atoms with van der Waals surface area (Å²) in [6.45, 7) is 9.42. The molecule has 0 saturated heterocycles. The zero-order chi connectivity index (χ0) is 32.6. The average Bonchev–Trinajstić information content (AvgIpc) is 3.04. The zero-order valence-corrected chi connectivity index (χ0v) is 30.9. The van der Waals surface area contributed by atoms with Crippen LogP contribution >= 0.6 is 7.26 Å². The van der Waals surface area contributed by atoms with E-state index in [1.807, 2.05) is 6.07 Å². The summed E-state index contributed by atoms with van der Waals surface area (Å²) in [5.74, 6) is -0.977. The molecule has 0 spiro atoms. The van der Waals surface area contributed by atoms with Crippen LogP contribution in [0.2, 0.25) is 0 Å². The fraction of sp³-hybridized carbons (Fsp3) is 0.800. The fourth-order valence-corrected chi connectivity index (χ4v) is 12.1. The quantitative estimate of drug-likeness (QED) is 0.0707. The number of nitrogens with zero attached hydrogens (tertiary/aromatic N) is 1. The Balaban J connectivity index is 0.00000139. The Labute approximate surface area is 275 Å². The largest absolute Gasteiger partial charge is 0.478 e. The van der Waals surface area contributed by atoms with E-state index in [4.69, 9.17) is 10.4 Å². The van der Waals surface area contributed by atoms with Crippen molar-refractivity contribution in [1.29, 1.82) is 5.26 Å². The normalized spacial score (nSPS) is 11.5. The molecule has 0 aliphatic heterocycles. The van der Waals surface area contributed by atoms with E-state index in [1.54, 1.807) is 50.3 Å². The number of carboxylic acids is 1. The molecule has 1 rings (SSSR count). The van der Waals surface area contributed by atoms with Crippen molar-refractivity contribution in [1.82, 2.24) is 0 Å². The van der Waals surface area contributed by atoms with Gasteiger partial charge in [-0.25, -0.2) is 4.79 Å². The van der Waals surface area contributed by atoms with Gasteiger partial charge in [-0.1, -0.05) is 13.3 Å². The van der Waals surface area contributed by atoms with E-state index in [-0.39, 0.29) is 5.56 Å². The summed E-state index contributed by atoms with van der Waals surface area (Å²) < 4.78 is 0. The smallest absolute Gasteiger partial charge is 0.335 e. The minimum atomic E-state index is -1.04. The maximum Gasteiger partial charge on any atom is 0.335 e. The molecule has 0 heterocycles. The number of hydrogen-bond donors (Lipinski definition) is 1. The number of rotatable bonds is 29.